The first-order chi connectivity index (χ1) is 14.7. The molecule has 0 spiro atoms. The van der Waals surface area contributed by atoms with Gasteiger partial charge in [0.15, 0.2) is 0 Å². The highest BCUT2D eigenvalue weighted by atomic mass is 32.2. The van der Waals surface area contributed by atoms with Gasteiger partial charge >= 0.3 is 4.87 Å². The maximum Gasteiger partial charge on any atom is 0.308 e. The number of furan rings is 1. The van der Waals surface area contributed by atoms with Crippen molar-refractivity contribution in [3.05, 3.63) is 69.0 Å². The molecular weight excluding hydrogens is 416 g/mol. The predicted molar refractivity (Wildman–Crippen MR) is 118 cm³/mol. The number of para-hydroxylation sites is 1. The molecule has 7 heteroatoms. The SMILES string of the molecule is O=C(Cn1c2c(sc1=O)[C@H](c1ccco1)C1C3CCC(C3)C1S2)Nc1ccccc1. The van der Waals surface area contributed by atoms with Crippen molar-refractivity contribution in [3.8, 4) is 0 Å². The highest BCUT2D eigenvalue weighted by Gasteiger charge is 2.55. The van der Waals surface area contributed by atoms with E-state index in [4.69, 9.17) is 4.42 Å². The second-order valence-corrected chi connectivity index (χ2v) is 10.7. The molecule has 1 aromatic carbocycles. The zero-order valence-corrected chi connectivity index (χ0v) is 18.0. The lowest BCUT2D eigenvalue weighted by molar-refractivity contribution is -0.116. The molecule has 1 amide bonds. The lowest BCUT2D eigenvalue weighted by Crippen LogP contribution is -2.34. The van der Waals surface area contributed by atoms with Crippen LogP contribution in [0.5, 0.6) is 0 Å². The third kappa shape index (κ3) is 2.90. The number of benzene rings is 1. The van der Waals surface area contributed by atoms with E-state index in [0.717, 1.165) is 21.4 Å². The van der Waals surface area contributed by atoms with Crippen LogP contribution in [0.15, 0.2) is 63.0 Å². The van der Waals surface area contributed by atoms with Gasteiger partial charge in [-0.15, -0.1) is 11.8 Å². The zero-order chi connectivity index (χ0) is 20.2. The van der Waals surface area contributed by atoms with E-state index in [-0.39, 0.29) is 23.2 Å². The van der Waals surface area contributed by atoms with Crippen molar-refractivity contribution >= 4 is 34.7 Å². The van der Waals surface area contributed by atoms with Crippen LogP contribution in [0.3, 0.4) is 0 Å². The summed E-state index contributed by atoms with van der Waals surface area (Å²) in [5.41, 5.74) is 0.744. The largest absolute Gasteiger partial charge is 0.469 e. The second-order valence-electron chi connectivity index (χ2n) is 8.52. The Morgan fingerprint density at radius 2 is 1.97 bits per heavy atom. The second kappa shape index (κ2) is 7.17. The minimum atomic E-state index is -0.172. The topological polar surface area (TPSA) is 64.2 Å². The van der Waals surface area contributed by atoms with Crippen LogP contribution < -0.4 is 10.2 Å². The first kappa shape index (κ1) is 18.5. The summed E-state index contributed by atoms with van der Waals surface area (Å²) in [6.45, 7) is 0.0446. The van der Waals surface area contributed by atoms with Gasteiger partial charge in [0.2, 0.25) is 5.91 Å². The van der Waals surface area contributed by atoms with Crippen molar-refractivity contribution in [3.63, 3.8) is 0 Å². The minimum absolute atomic E-state index is 0.0446. The number of aromatic nitrogens is 1. The molecule has 0 radical (unpaired) electrons. The fourth-order valence-corrected chi connectivity index (χ4v) is 8.87. The summed E-state index contributed by atoms with van der Waals surface area (Å²) in [5, 5.41) is 4.38. The Labute approximate surface area is 182 Å². The molecule has 5 atom stereocenters. The normalized spacial score (nSPS) is 28.9. The Morgan fingerprint density at radius 3 is 2.77 bits per heavy atom. The third-order valence-corrected chi connectivity index (χ3v) is 9.73. The number of carbonyl (C=O) groups excluding carboxylic acids is 1. The van der Waals surface area contributed by atoms with Gasteiger partial charge in [-0.05, 0) is 61.3 Å². The van der Waals surface area contributed by atoms with E-state index < -0.39 is 0 Å². The first-order valence-electron chi connectivity index (χ1n) is 10.5. The van der Waals surface area contributed by atoms with Crippen LogP contribution in [0.1, 0.15) is 35.8 Å². The van der Waals surface area contributed by atoms with E-state index in [1.807, 2.05) is 54.2 Å². The molecule has 3 aliphatic rings. The van der Waals surface area contributed by atoms with Gasteiger partial charge in [0, 0.05) is 10.9 Å². The molecule has 30 heavy (non-hydrogen) atoms. The minimum Gasteiger partial charge on any atom is -0.469 e. The van der Waals surface area contributed by atoms with Crippen LogP contribution in [0.4, 0.5) is 5.69 Å². The van der Waals surface area contributed by atoms with E-state index in [9.17, 15) is 9.59 Å². The number of hydrogen-bond acceptors (Lipinski definition) is 5. The predicted octanol–water partition coefficient (Wildman–Crippen LogP) is 4.79. The average molecular weight is 439 g/mol. The van der Waals surface area contributed by atoms with Crippen molar-refractivity contribution < 1.29 is 9.21 Å². The highest BCUT2D eigenvalue weighted by Crippen LogP contribution is 2.64. The molecule has 2 saturated carbocycles. The quantitative estimate of drug-likeness (QED) is 0.636. The van der Waals surface area contributed by atoms with Crippen molar-refractivity contribution in [2.45, 2.75) is 42.0 Å². The van der Waals surface area contributed by atoms with Gasteiger partial charge in [-0.1, -0.05) is 29.5 Å². The van der Waals surface area contributed by atoms with Crippen LogP contribution in [0.25, 0.3) is 0 Å². The third-order valence-electron chi connectivity index (χ3n) is 6.90. The maximum atomic E-state index is 13.0. The van der Waals surface area contributed by atoms with Crippen molar-refractivity contribution in [1.29, 1.82) is 0 Å². The summed E-state index contributed by atoms with van der Waals surface area (Å²) >= 11 is 3.13. The van der Waals surface area contributed by atoms with E-state index in [1.54, 1.807) is 10.8 Å². The van der Waals surface area contributed by atoms with Gasteiger partial charge in [0.25, 0.3) is 0 Å². The number of rotatable bonds is 4. The van der Waals surface area contributed by atoms with Gasteiger partial charge in [-0.25, -0.2) is 0 Å². The maximum absolute atomic E-state index is 13.0. The summed E-state index contributed by atoms with van der Waals surface area (Å²) in [6, 6.07) is 13.4. The molecule has 154 valence electrons. The molecule has 3 aromatic rings. The molecule has 1 aliphatic heterocycles. The van der Waals surface area contributed by atoms with Crippen LogP contribution in [0, 0.1) is 17.8 Å². The number of thiazole rings is 1. The van der Waals surface area contributed by atoms with Gasteiger partial charge in [-0.2, -0.15) is 0 Å². The van der Waals surface area contributed by atoms with E-state index >= 15 is 0 Å². The van der Waals surface area contributed by atoms with Crippen molar-refractivity contribution in [2.24, 2.45) is 17.8 Å². The van der Waals surface area contributed by atoms with Gasteiger partial charge in [-0.3, -0.25) is 14.2 Å². The highest BCUT2D eigenvalue weighted by molar-refractivity contribution is 8.00. The Morgan fingerprint density at radius 1 is 1.13 bits per heavy atom. The number of anilines is 1. The Bertz CT molecular complexity index is 1140. The molecule has 4 unspecified atom stereocenters. The number of fused-ring (bicyclic) bond motifs is 6. The number of hydrogen-bond donors (Lipinski definition) is 1. The molecular formula is C23H22N2O3S2. The van der Waals surface area contributed by atoms with Crippen molar-refractivity contribution in [2.75, 3.05) is 5.32 Å². The lowest BCUT2D eigenvalue weighted by Gasteiger charge is -2.39. The van der Waals surface area contributed by atoms with E-state index in [2.05, 4.69) is 5.32 Å². The van der Waals surface area contributed by atoms with Crippen LogP contribution in [-0.2, 0) is 11.3 Å². The molecule has 3 heterocycles. The van der Waals surface area contributed by atoms with E-state index in [0.29, 0.717) is 23.0 Å². The first-order valence-corrected chi connectivity index (χ1v) is 12.2. The Kier molecular flexibility index (Phi) is 4.42. The summed E-state index contributed by atoms with van der Waals surface area (Å²) in [6.07, 6.45) is 5.58. The molecule has 2 aliphatic carbocycles. The number of carbonyl (C=O) groups is 1. The molecule has 0 saturated heterocycles. The van der Waals surface area contributed by atoms with E-state index in [1.165, 1.54) is 30.6 Å². The summed E-state index contributed by atoms with van der Waals surface area (Å²) in [7, 11) is 0. The monoisotopic (exact) mass is 438 g/mol. The smallest absolute Gasteiger partial charge is 0.308 e. The zero-order valence-electron chi connectivity index (χ0n) is 16.3. The lowest BCUT2D eigenvalue weighted by atomic mass is 9.77. The van der Waals surface area contributed by atoms with Crippen LogP contribution >= 0.6 is 23.1 Å². The van der Waals surface area contributed by atoms with Crippen LogP contribution in [0.2, 0.25) is 0 Å². The molecule has 2 fully saturated rings. The number of nitrogens with zero attached hydrogens (tertiary/aromatic N) is 1. The standard InChI is InChI=1S/C23H22N2O3S2/c26-17(24-15-5-2-1-3-6-15)12-25-22-21(30-23(25)27)19(16-7-4-10-28-16)18-13-8-9-14(11-13)20(18)29-22/h1-7,10,13-14,18-20H,8-9,11-12H2,(H,24,26)/t13?,14?,18?,19-,20?/m1/s1. The molecule has 1 N–H and O–H groups in total. The van der Waals surface area contributed by atoms with Crippen molar-refractivity contribution in [1.82, 2.24) is 4.57 Å². The fraction of sp³-hybridized carbons (Fsp3) is 0.391. The Hall–Kier alpha value is -2.25. The number of amides is 1. The average Bonchev–Trinajstić information content (AvgIpc) is 3.53. The number of thioether (sulfide) groups is 1. The van der Waals surface area contributed by atoms with Crippen LogP contribution in [-0.4, -0.2) is 15.7 Å². The summed E-state index contributed by atoms with van der Waals surface area (Å²) in [4.78, 5) is 26.7. The molecule has 5 nitrogen and oxygen atoms in total. The fourth-order valence-electron chi connectivity index (χ4n) is 5.74. The summed E-state index contributed by atoms with van der Waals surface area (Å²) in [5.74, 6) is 2.86. The molecule has 2 bridgehead atoms. The molecule has 6 rings (SSSR count). The summed E-state index contributed by atoms with van der Waals surface area (Å²) < 4.78 is 7.54. The number of nitrogens with one attached hydrogen (secondary N) is 1. The Balaban J connectivity index is 1.37. The van der Waals surface area contributed by atoms with Gasteiger partial charge in [0.1, 0.15) is 12.3 Å². The van der Waals surface area contributed by atoms with Gasteiger partial charge in [0.05, 0.1) is 22.1 Å². The van der Waals surface area contributed by atoms with Gasteiger partial charge < -0.3 is 9.73 Å². The molecule has 2 aromatic heterocycles.